The molecule has 2 aromatic carbocycles. The van der Waals surface area contributed by atoms with Crippen LogP contribution in [0, 0.1) is 6.92 Å². The standard InChI is InChI=1S/C24H31N4O3P/c1-6-13-32(29,31-17(2)3)28-21-14-19(12-11-18(21)4)27-24-15-22(25-16-26-24)20-9-7-8-10-23(20)30-5/h7-12,14-17H,6,13H2,1-5H3,(H,28,29)(H,25,26,27). The smallest absolute Gasteiger partial charge is 0.294 e. The second kappa shape index (κ2) is 10.6. The third-order valence-electron chi connectivity index (χ3n) is 4.75. The first-order valence-electron chi connectivity index (χ1n) is 10.7. The molecule has 3 rings (SSSR count). The quantitative estimate of drug-likeness (QED) is 0.332. The highest BCUT2D eigenvalue weighted by atomic mass is 31.2. The Labute approximate surface area is 190 Å². The molecule has 0 amide bonds. The van der Waals surface area contributed by atoms with Crippen LogP contribution < -0.4 is 15.1 Å². The van der Waals surface area contributed by atoms with Crippen LogP contribution in [0.1, 0.15) is 32.8 Å². The van der Waals surface area contributed by atoms with Crippen molar-refractivity contribution < 1.29 is 13.8 Å². The SMILES string of the molecule is CCCP(=O)(Nc1cc(Nc2cc(-c3ccccc3OC)ncn2)ccc1C)OC(C)C. The summed E-state index contributed by atoms with van der Waals surface area (Å²) >= 11 is 0. The zero-order chi connectivity index (χ0) is 23.1. The zero-order valence-electron chi connectivity index (χ0n) is 19.3. The van der Waals surface area contributed by atoms with Crippen molar-refractivity contribution in [1.82, 2.24) is 9.97 Å². The van der Waals surface area contributed by atoms with Crippen molar-refractivity contribution >= 4 is 24.7 Å². The van der Waals surface area contributed by atoms with E-state index in [-0.39, 0.29) is 6.10 Å². The molecule has 0 aliphatic carbocycles. The predicted molar refractivity (Wildman–Crippen MR) is 131 cm³/mol. The van der Waals surface area contributed by atoms with Gasteiger partial charge in [-0.25, -0.2) is 9.97 Å². The fraction of sp³-hybridized carbons (Fsp3) is 0.333. The molecule has 2 N–H and O–H groups in total. The Kier molecular flexibility index (Phi) is 7.89. The van der Waals surface area contributed by atoms with Gasteiger partial charge in [0.2, 0.25) is 0 Å². The average Bonchev–Trinajstić information content (AvgIpc) is 2.75. The van der Waals surface area contributed by atoms with Crippen LogP contribution in [0.2, 0.25) is 0 Å². The van der Waals surface area contributed by atoms with E-state index in [0.29, 0.717) is 12.0 Å². The summed E-state index contributed by atoms with van der Waals surface area (Å²) in [5.41, 5.74) is 4.21. The molecule has 1 heterocycles. The first-order chi connectivity index (χ1) is 15.3. The van der Waals surface area contributed by atoms with Gasteiger partial charge in [0.25, 0.3) is 7.52 Å². The molecule has 8 heteroatoms. The lowest BCUT2D eigenvalue weighted by molar-refractivity contribution is 0.246. The van der Waals surface area contributed by atoms with Crippen LogP contribution >= 0.6 is 7.52 Å². The minimum absolute atomic E-state index is 0.129. The number of hydrogen-bond donors (Lipinski definition) is 2. The maximum absolute atomic E-state index is 13.3. The lowest BCUT2D eigenvalue weighted by Gasteiger charge is -2.23. The molecule has 3 aromatic rings. The van der Waals surface area contributed by atoms with Gasteiger partial charge >= 0.3 is 0 Å². The van der Waals surface area contributed by atoms with E-state index in [4.69, 9.17) is 9.26 Å². The number of hydrogen-bond acceptors (Lipinski definition) is 6. The molecule has 0 bridgehead atoms. The molecular weight excluding hydrogens is 423 g/mol. The van der Waals surface area contributed by atoms with E-state index in [1.54, 1.807) is 7.11 Å². The maximum atomic E-state index is 13.3. The van der Waals surface area contributed by atoms with Gasteiger partial charge in [-0.15, -0.1) is 0 Å². The van der Waals surface area contributed by atoms with Gasteiger partial charge < -0.3 is 19.7 Å². The lowest BCUT2D eigenvalue weighted by atomic mass is 10.1. The number of ether oxygens (including phenoxy) is 1. The van der Waals surface area contributed by atoms with Gasteiger partial charge in [0, 0.05) is 29.2 Å². The number of anilines is 3. The van der Waals surface area contributed by atoms with Crippen molar-refractivity contribution in [1.29, 1.82) is 0 Å². The summed E-state index contributed by atoms with van der Waals surface area (Å²) in [4.78, 5) is 8.74. The highest BCUT2D eigenvalue weighted by Crippen LogP contribution is 2.49. The van der Waals surface area contributed by atoms with Gasteiger partial charge in [-0.2, -0.15) is 0 Å². The molecule has 1 atom stereocenters. The van der Waals surface area contributed by atoms with E-state index < -0.39 is 7.52 Å². The molecule has 0 saturated carbocycles. The van der Waals surface area contributed by atoms with Crippen molar-refractivity contribution in [2.75, 3.05) is 23.7 Å². The molecule has 7 nitrogen and oxygen atoms in total. The molecule has 0 aliphatic rings. The normalized spacial score (nSPS) is 12.9. The van der Waals surface area contributed by atoms with Gasteiger partial charge in [-0.05, 0) is 57.0 Å². The summed E-state index contributed by atoms with van der Waals surface area (Å²) in [7, 11) is -1.36. The molecule has 0 aliphatic heterocycles. The van der Waals surface area contributed by atoms with Crippen LogP contribution in [0.4, 0.5) is 17.2 Å². The Morgan fingerprint density at radius 2 is 1.88 bits per heavy atom. The second-order valence-electron chi connectivity index (χ2n) is 7.81. The van der Waals surface area contributed by atoms with Crippen LogP contribution in [0.15, 0.2) is 54.9 Å². The molecule has 1 unspecified atom stereocenters. The van der Waals surface area contributed by atoms with Crippen LogP contribution in [-0.2, 0) is 9.09 Å². The van der Waals surface area contributed by atoms with Gasteiger partial charge in [-0.1, -0.05) is 25.1 Å². The molecule has 1 aromatic heterocycles. The third-order valence-corrected chi connectivity index (χ3v) is 7.13. The maximum Gasteiger partial charge on any atom is 0.294 e. The first-order valence-corrected chi connectivity index (χ1v) is 12.5. The van der Waals surface area contributed by atoms with Gasteiger partial charge in [-0.3, -0.25) is 4.57 Å². The van der Waals surface area contributed by atoms with Crippen molar-refractivity contribution in [2.24, 2.45) is 0 Å². The minimum atomic E-state index is -3.00. The van der Waals surface area contributed by atoms with Gasteiger partial charge in [0.1, 0.15) is 17.9 Å². The van der Waals surface area contributed by atoms with Gasteiger partial charge in [0.15, 0.2) is 0 Å². The number of benzene rings is 2. The average molecular weight is 455 g/mol. The lowest BCUT2D eigenvalue weighted by Crippen LogP contribution is -2.10. The fourth-order valence-electron chi connectivity index (χ4n) is 3.35. The molecule has 32 heavy (non-hydrogen) atoms. The van der Waals surface area contributed by atoms with E-state index >= 15 is 0 Å². The molecule has 0 spiro atoms. The Morgan fingerprint density at radius 3 is 2.59 bits per heavy atom. The highest BCUT2D eigenvalue weighted by Gasteiger charge is 2.24. The largest absolute Gasteiger partial charge is 0.496 e. The summed E-state index contributed by atoms with van der Waals surface area (Å²) < 4.78 is 24.5. The summed E-state index contributed by atoms with van der Waals surface area (Å²) in [6, 6.07) is 15.4. The number of nitrogens with one attached hydrogen (secondary N) is 2. The first kappa shape index (κ1) is 23.8. The van der Waals surface area contributed by atoms with Gasteiger partial charge in [0.05, 0.1) is 18.9 Å². The van der Waals surface area contributed by atoms with E-state index in [2.05, 4.69) is 20.4 Å². The summed E-state index contributed by atoms with van der Waals surface area (Å²) in [5.74, 6) is 1.39. The molecule has 0 radical (unpaired) electrons. The minimum Gasteiger partial charge on any atom is -0.496 e. The second-order valence-corrected chi connectivity index (χ2v) is 10.0. The number of aromatic nitrogens is 2. The monoisotopic (exact) mass is 454 g/mol. The number of para-hydroxylation sites is 1. The van der Waals surface area contributed by atoms with Crippen molar-refractivity contribution in [3.05, 3.63) is 60.4 Å². The highest BCUT2D eigenvalue weighted by molar-refractivity contribution is 7.60. The number of aryl methyl sites for hydroxylation is 1. The van der Waals surface area contributed by atoms with Crippen LogP contribution in [0.5, 0.6) is 5.75 Å². The molecule has 0 saturated heterocycles. The number of rotatable bonds is 10. The van der Waals surface area contributed by atoms with E-state index in [1.165, 1.54) is 6.33 Å². The summed E-state index contributed by atoms with van der Waals surface area (Å²) in [6.45, 7) is 7.76. The van der Waals surface area contributed by atoms with Crippen LogP contribution in [0.3, 0.4) is 0 Å². The van der Waals surface area contributed by atoms with Crippen LogP contribution in [0.25, 0.3) is 11.3 Å². The van der Waals surface area contributed by atoms with E-state index in [1.807, 2.05) is 76.2 Å². The Bertz CT molecular complexity index is 1100. The number of nitrogens with zero attached hydrogens (tertiary/aromatic N) is 2. The van der Waals surface area contributed by atoms with Crippen molar-refractivity contribution in [2.45, 2.75) is 40.2 Å². The molecular formula is C24H31N4O3P. The summed E-state index contributed by atoms with van der Waals surface area (Å²) in [5, 5.41) is 6.49. The topological polar surface area (TPSA) is 85.4 Å². The molecule has 170 valence electrons. The van der Waals surface area contributed by atoms with Crippen molar-refractivity contribution in [3.8, 4) is 17.0 Å². The van der Waals surface area contributed by atoms with Crippen LogP contribution in [-0.4, -0.2) is 29.3 Å². The van der Waals surface area contributed by atoms with E-state index in [9.17, 15) is 4.57 Å². The zero-order valence-corrected chi connectivity index (χ0v) is 20.1. The third kappa shape index (κ3) is 6.09. The van der Waals surface area contributed by atoms with E-state index in [0.717, 1.165) is 40.4 Å². The Morgan fingerprint density at radius 1 is 1.09 bits per heavy atom. The summed E-state index contributed by atoms with van der Waals surface area (Å²) in [6.07, 6.45) is 2.62. The Hall–Kier alpha value is -2.89. The Balaban J connectivity index is 1.86. The molecule has 0 fully saturated rings. The predicted octanol–water partition coefficient (Wildman–Crippen LogP) is 6.64. The van der Waals surface area contributed by atoms with Crippen molar-refractivity contribution in [3.63, 3.8) is 0 Å². The fourth-order valence-corrected chi connectivity index (χ4v) is 5.50. The number of methoxy groups -OCH3 is 1.